The predicted octanol–water partition coefficient (Wildman–Crippen LogP) is 3.50. The summed E-state index contributed by atoms with van der Waals surface area (Å²) in [5.41, 5.74) is 3.36. The van der Waals surface area contributed by atoms with Crippen LogP contribution in [0.25, 0.3) is 0 Å². The van der Waals surface area contributed by atoms with Crippen LogP contribution in [0.15, 0.2) is 18.3 Å². The number of benzene rings is 1. The van der Waals surface area contributed by atoms with Gasteiger partial charge in [0.05, 0.1) is 16.9 Å². The summed E-state index contributed by atoms with van der Waals surface area (Å²) >= 11 is 0. The van der Waals surface area contributed by atoms with Crippen molar-refractivity contribution in [1.29, 1.82) is 0 Å². The summed E-state index contributed by atoms with van der Waals surface area (Å²) in [6, 6.07) is 3.56. The summed E-state index contributed by atoms with van der Waals surface area (Å²) in [6.07, 6.45) is 8.13. The molecule has 5 nitrogen and oxygen atoms in total. The Hall–Kier alpha value is -2.21. The van der Waals surface area contributed by atoms with Gasteiger partial charge in [0.1, 0.15) is 5.82 Å². The van der Waals surface area contributed by atoms with E-state index in [-0.39, 0.29) is 17.4 Å². The summed E-state index contributed by atoms with van der Waals surface area (Å²) in [4.78, 5) is 12.9. The molecule has 0 spiro atoms. The van der Waals surface area contributed by atoms with E-state index in [9.17, 15) is 9.18 Å². The molecule has 1 amide bonds. The average molecular weight is 356 g/mol. The van der Waals surface area contributed by atoms with Crippen LogP contribution >= 0.6 is 0 Å². The van der Waals surface area contributed by atoms with Crippen molar-refractivity contribution in [2.24, 2.45) is 7.05 Å². The largest absolute Gasteiger partial charge is 0.319 e. The lowest BCUT2D eigenvalue weighted by atomic mass is 9.85. The van der Waals surface area contributed by atoms with Crippen molar-refractivity contribution >= 4 is 11.6 Å². The van der Waals surface area contributed by atoms with Crippen molar-refractivity contribution in [3.05, 3.63) is 46.5 Å². The van der Waals surface area contributed by atoms with Gasteiger partial charge in [0, 0.05) is 25.7 Å². The van der Waals surface area contributed by atoms with Crippen molar-refractivity contribution in [1.82, 2.24) is 15.1 Å². The summed E-state index contributed by atoms with van der Waals surface area (Å²) in [7, 11) is 1.83. The number of nitrogens with zero attached hydrogens (tertiary/aromatic N) is 2. The number of rotatable bonds is 3. The zero-order valence-corrected chi connectivity index (χ0v) is 15.1. The highest BCUT2D eigenvalue weighted by Gasteiger charge is 2.26. The number of hydrogen-bond acceptors (Lipinski definition) is 3. The second-order valence-corrected chi connectivity index (χ2v) is 7.38. The molecule has 2 aromatic rings. The fraction of sp³-hybridized carbons (Fsp3) is 0.500. The first kappa shape index (κ1) is 17.2. The van der Waals surface area contributed by atoms with Gasteiger partial charge < -0.3 is 10.6 Å². The number of hydrogen-bond donors (Lipinski definition) is 2. The van der Waals surface area contributed by atoms with Crippen molar-refractivity contribution in [2.45, 2.75) is 51.0 Å². The maximum atomic E-state index is 14.8. The monoisotopic (exact) mass is 356 g/mol. The van der Waals surface area contributed by atoms with E-state index in [1.807, 2.05) is 13.1 Å². The molecule has 2 heterocycles. The van der Waals surface area contributed by atoms with E-state index >= 15 is 0 Å². The molecule has 6 heteroatoms. The van der Waals surface area contributed by atoms with Gasteiger partial charge in [-0.25, -0.2) is 4.39 Å². The van der Waals surface area contributed by atoms with Gasteiger partial charge in [-0.3, -0.25) is 9.48 Å². The molecular formula is C20H25FN4O. The fourth-order valence-electron chi connectivity index (χ4n) is 4.18. The molecule has 1 aromatic heterocycles. The Bertz CT molecular complexity index is 823. The van der Waals surface area contributed by atoms with Crippen molar-refractivity contribution in [3.63, 3.8) is 0 Å². The number of amides is 1. The summed E-state index contributed by atoms with van der Waals surface area (Å²) in [5, 5.41) is 10.6. The predicted molar refractivity (Wildman–Crippen MR) is 98.8 cm³/mol. The lowest BCUT2D eigenvalue weighted by Gasteiger charge is -2.21. The van der Waals surface area contributed by atoms with Crippen LogP contribution in [0.5, 0.6) is 0 Å². The molecule has 0 saturated heterocycles. The first-order chi connectivity index (χ1) is 12.6. The van der Waals surface area contributed by atoms with Gasteiger partial charge in [0.25, 0.3) is 5.91 Å². The average Bonchev–Trinajstić information content (AvgIpc) is 3.07. The first-order valence-corrected chi connectivity index (χ1v) is 9.49. The van der Waals surface area contributed by atoms with E-state index in [2.05, 4.69) is 15.7 Å². The van der Waals surface area contributed by atoms with Crippen molar-refractivity contribution < 1.29 is 9.18 Å². The number of carbonyl (C=O) groups is 1. The number of halogens is 1. The molecule has 0 radical (unpaired) electrons. The molecule has 26 heavy (non-hydrogen) atoms. The Kier molecular flexibility index (Phi) is 4.76. The SMILES string of the molecule is Cn1cc(C(=O)Nc2ccc3c(c2F)CCNC3)c(C2CCCCC2)n1. The molecule has 2 N–H and O–H groups in total. The van der Waals surface area contributed by atoms with E-state index in [0.717, 1.165) is 30.6 Å². The van der Waals surface area contributed by atoms with E-state index in [1.165, 1.54) is 19.3 Å². The van der Waals surface area contributed by atoms with Gasteiger partial charge >= 0.3 is 0 Å². The van der Waals surface area contributed by atoms with Crippen LogP contribution in [-0.4, -0.2) is 22.2 Å². The molecule has 0 bridgehead atoms. The molecule has 0 atom stereocenters. The molecule has 1 aromatic carbocycles. The van der Waals surface area contributed by atoms with Crippen LogP contribution in [0.1, 0.15) is 65.2 Å². The topological polar surface area (TPSA) is 59.0 Å². The molecule has 4 rings (SSSR count). The smallest absolute Gasteiger partial charge is 0.259 e. The quantitative estimate of drug-likeness (QED) is 0.885. The van der Waals surface area contributed by atoms with E-state index < -0.39 is 0 Å². The fourth-order valence-corrected chi connectivity index (χ4v) is 4.18. The lowest BCUT2D eigenvalue weighted by molar-refractivity contribution is 0.102. The number of aryl methyl sites for hydroxylation is 1. The van der Waals surface area contributed by atoms with Crippen LogP contribution < -0.4 is 10.6 Å². The van der Waals surface area contributed by atoms with E-state index in [0.29, 0.717) is 30.0 Å². The summed E-state index contributed by atoms with van der Waals surface area (Å²) < 4.78 is 16.5. The molecular weight excluding hydrogens is 331 g/mol. The molecule has 1 aliphatic heterocycles. The first-order valence-electron chi connectivity index (χ1n) is 9.49. The van der Waals surface area contributed by atoms with Crippen molar-refractivity contribution in [2.75, 3.05) is 11.9 Å². The zero-order chi connectivity index (χ0) is 18.1. The highest BCUT2D eigenvalue weighted by Crippen LogP contribution is 2.34. The minimum Gasteiger partial charge on any atom is -0.319 e. The van der Waals surface area contributed by atoms with Gasteiger partial charge in [-0.1, -0.05) is 25.3 Å². The maximum Gasteiger partial charge on any atom is 0.259 e. The number of anilines is 1. The lowest BCUT2D eigenvalue weighted by Crippen LogP contribution is -2.25. The number of nitrogens with one attached hydrogen (secondary N) is 2. The van der Waals surface area contributed by atoms with Gasteiger partial charge in [-0.2, -0.15) is 5.10 Å². The van der Waals surface area contributed by atoms with Crippen LogP contribution in [-0.2, 0) is 20.0 Å². The number of aromatic nitrogens is 2. The normalized spacial score (nSPS) is 17.8. The third kappa shape index (κ3) is 3.26. The Labute approximate surface area is 153 Å². The minimum atomic E-state index is -0.305. The molecule has 1 fully saturated rings. The molecule has 1 aliphatic carbocycles. The highest BCUT2D eigenvalue weighted by atomic mass is 19.1. The number of fused-ring (bicyclic) bond motifs is 1. The van der Waals surface area contributed by atoms with Gasteiger partial charge in [-0.05, 0) is 43.0 Å². The van der Waals surface area contributed by atoms with Crippen LogP contribution in [0.3, 0.4) is 0 Å². The zero-order valence-electron chi connectivity index (χ0n) is 15.1. The van der Waals surface area contributed by atoms with Gasteiger partial charge in [0.15, 0.2) is 0 Å². The minimum absolute atomic E-state index is 0.258. The molecule has 2 aliphatic rings. The van der Waals surface area contributed by atoms with Gasteiger partial charge in [-0.15, -0.1) is 0 Å². The van der Waals surface area contributed by atoms with Gasteiger partial charge in [0.2, 0.25) is 0 Å². The Morgan fingerprint density at radius 3 is 2.92 bits per heavy atom. The molecule has 0 unspecified atom stereocenters. The van der Waals surface area contributed by atoms with E-state index in [1.54, 1.807) is 16.9 Å². The van der Waals surface area contributed by atoms with Crippen LogP contribution in [0.4, 0.5) is 10.1 Å². The standard InChI is InChI=1S/C20H25FN4O/c1-25-12-16(19(24-25)13-5-3-2-4-6-13)20(26)23-17-8-7-14-11-22-10-9-15(14)18(17)21/h7-8,12-13,22H,2-6,9-11H2,1H3,(H,23,26). The Balaban J connectivity index is 1.59. The Morgan fingerprint density at radius 2 is 2.12 bits per heavy atom. The maximum absolute atomic E-state index is 14.8. The number of carbonyl (C=O) groups excluding carboxylic acids is 1. The second kappa shape index (κ2) is 7.19. The third-order valence-corrected chi connectivity index (χ3v) is 5.55. The summed E-state index contributed by atoms with van der Waals surface area (Å²) in [5.74, 6) is -0.253. The van der Waals surface area contributed by atoms with Crippen LogP contribution in [0.2, 0.25) is 0 Å². The second-order valence-electron chi connectivity index (χ2n) is 7.38. The van der Waals surface area contributed by atoms with Crippen LogP contribution in [0, 0.1) is 5.82 Å². The van der Waals surface area contributed by atoms with E-state index in [4.69, 9.17) is 0 Å². The molecule has 138 valence electrons. The summed E-state index contributed by atoms with van der Waals surface area (Å²) in [6.45, 7) is 1.44. The highest BCUT2D eigenvalue weighted by molar-refractivity contribution is 6.05. The molecule has 1 saturated carbocycles. The third-order valence-electron chi connectivity index (χ3n) is 5.55. The van der Waals surface area contributed by atoms with Crippen molar-refractivity contribution in [3.8, 4) is 0 Å². The Morgan fingerprint density at radius 1 is 1.31 bits per heavy atom.